The standard InChI is InChI=1S/C17H17FO2/c18-15-8-6-14(7-9-15)17(20)11-10-16(19)12-13-4-2-1-3-5-13/h1-9,17,20H,10-12H2. The Morgan fingerprint density at radius 3 is 2.35 bits per heavy atom. The van der Waals surface area contributed by atoms with Crippen molar-refractivity contribution in [2.75, 3.05) is 0 Å². The van der Waals surface area contributed by atoms with Crippen molar-refractivity contribution in [2.45, 2.75) is 25.4 Å². The molecule has 3 heteroatoms. The van der Waals surface area contributed by atoms with Gasteiger partial charge in [-0.2, -0.15) is 0 Å². The van der Waals surface area contributed by atoms with Crippen LogP contribution < -0.4 is 0 Å². The molecule has 0 radical (unpaired) electrons. The second kappa shape index (κ2) is 6.96. The largest absolute Gasteiger partial charge is 0.388 e. The zero-order chi connectivity index (χ0) is 14.4. The van der Waals surface area contributed by atoms with E-state index in [2.05, 4.69) is 0 Å². The van der Waals surface area contributed by atoms with Crippen molar-refractivity contribution in [3.05, 3.63) is 71.5 Å². The van der Waals surface area contributed by atoms with Gasteiger partial charge in [-0.05, 0) is 29.7 Å². The highest BCUT2D eigenvalue weighted by Gasteiger charge is 2.11. The van der Waals surface area contributed by atoms with E-state index in [-0.39, 0.29) is 11.6 Å². The van der Waals surface area contributed by atoms with Crippen molar-refractivity contribution in [3.8, 4) is 0 Å². The first-order valence-electron chi connectivity index (χ1n) is 6.64. The van der Waals surface area contributed by atoms with E-state index in [0.29, 0.717) is 24.8 Å². The van der Waals surface area contributed by atoms with Crippen molar-refractivity contribution in [1.82, 2.24) is 0 Å². The summed E-state index contributed by atoms with van der Waals surface area (Å²) < 4.78 is 12.8. The predicted molar refractivity (Wildman–Crippen MR) is 75.7 cm³/mol. The number of carbonyl (C=O) groups excluding carboxylic acids is 1. The quantitative estimate of drug-likeness (QED) is 0.874. The Morgan fingerprint density at radius 1 is 1.05 bits per heavy atom. The summed E-state index contributed by atoms with van der Waals surface area (Å²) in [7, 11) is 0. The molecule has 0 aliphatic heterocycles. The fourth-order valence-corrected chi connectivity index (χ4v) is 2.06. The highest BCUT2D eigenvalue weighted by molar-refractivity contribution is 5.80. The van der Waals surface area contributed by atoms with Crippen LogP contribution in [0.3, 0.4) is 0 Å². The Bertz CT molecular complexity index is 549. The van der Waals surface area contributed by atoms with Crippen molar-refractivity contribution < 1.29 is 14.3 Å². The van der Waals surface area contributed by atoms with Crippen molar-refractivity contribution in [2.24, 2.45) is 0 Å². The zero-order valence-electron chi connectivity index (χ0n) is 11.1. The summed E-state index contributed by atoms with van der Waals surface area (Å²) in [6, 6.07) is 15.2. The average molecular weight is 272 g/mol. The lowest BCUT2D eigenvalue weighted by molar-refractivity contribution is -0.119. The van der Waals surface area contributed by atoms with Gasteiger partial charge in [0.15, 0.2) is 0 Å². The van der Waals surface area contributed by atoms with Gasteiger partial charge in [-0.15, -0.1) is 0 Å². The predicted octanol–water partition coefficient (Wildman–Crippen LogP) is 3.45. The molecule has 0 amide bonds. The van der Waals surface area contributed by atoms with Gasteiger partial charge in [0.25, 0.3) is 0 Å². The zero-order valence-corrected chi connectivity index (χ0v) is 11.1. The molecule has 0 spiro atoms. The Labute approximate surface area is 117 Å². The molecule has 2 nitrogen and oxygen atoms in total. The maximum atomic E-state index is 12.8. The van der Waals surface area contributed by atoms with Gasteiger partial charge in [0.2, 0.25) is 0 Å². The van der Waals surface area contributed by atoms with Gasteiger partial charge < -0.3 is 5.11 Å². The Balaban J connectivity index is 1.82. The van der Waals surface area contributed by atoms with Crippen molar-refractivity contribution in [1.29, 1.82) is 0 Å². The molecule has 0 aromatic heterocycles. The monoisotopic (exact) mass is 272 g/mol. The third kappa shape index (κ3) is 4.28. The van der Waals surface area contributed by atoms with Crippen LogP contribution in [0.1, 0.15) is 30.1 Å². The van der Waals surface area contributed by atoms with Crippen LogP contribution in [0.4, 0.5) is 4.39 Å². The summed E-state index contributed by atoms with van der Waals surface area (Å²) >= 11 is 0. The molecule has 0 saturated heterocycles. The summed E-state index contributed by atoms with van der Waals surface area (Å²) in [5, 5.41) is 9.95. The van der Waals surface area contributed by atoms with Gasteiger partial charge >= 0.3 is 0 Å². The molecular weight excluding hydrogens is 255 g/mol. The minimum absolute atomic E-state index is 0.0948. The van der Waals surface area contributed by atoms with Gasteiger partial charge in [0, 0.05) is 12.8 Å². The number of hydrogen-bond donors (Lipinski definition) is 1. The number of benzene rings is 2. The Kier molecular flexibility index (Phi) is 5.02. The SMILES string of the molecule is O=C(CCC(O)c1ccc(F)cc1)Cc1ccccc1. The second-order valence-corrected chi connectivity index (χ2v) is 4.81. The number of halogens is 1. The molecular formula is C17H17FO2. The molecule has 0 bridgehead atoms. The highest BCUT2D eigenvalue weighted by atomic mass is 19.1. The van der Waals surface area contributed by atoms with E-state index >= 15 is 0 Å². The van der Waals surface area contributed by atoms with Crippen LogP contribution in [-0.2, 0) is 11.2 Å². The third-order valence-electron chi connectivity index (χ3n) is 3.20. The summed E-state index contributed by atoms with van der Waals surface area (Å²) in [6.07, 6.45) is 0.331. The van der Waals surface area contributed by atoms with E-state index < -0.39 is 6.10 Å². The number of aliphatic hydroxyl groups is 1. The number of Topliss-reactive ketones (excluding diaryl/α,β-unsaturated/α-hetero) is 1. The van der Waals surface area contributed by atoms with Crippen LogP contribution in [0.25, 0.3) is 0 Å². The maximum Gasteiger partial charge on any atom is 0.137 e. The average Bonchev–Trinajstić information content (AvgIpc) is 2.46. The van der Waals surface area contributed by atoms with E-state index in [1.807, 2.05) is 30.3 Å². The van der Waals surface area contributed by atoms with Gasteiger partial charge in [-0.1, -0.05) is 42.5 Å². The smallest absolute Gasteiger partial charge is 0.137 e. The van der Waals surface area contributed by atoms with Gasteiger partial charge in [0.05, 0.1) is 6.10 Å². The van der Waals surface area contributed by atoms with Gasteiger partial charge in [0.1, 0.15) is 11.6 Å². The summed E-state index contributed by atoms with van der Waals surface area (Å²) in [5.74, 6) is -0.238. The van der Waals surface area contributed by atoms with E-state index in [1.165, 1.54) is 12.1 Å². The number of carbonyl (C=O) groups is 1. The molecule has 2 aromatic carbocycles. The highest BCUT2D eigenvalue weighted by Crippen LogP contribution is 2.19. The fourth-order valence-electron chi connectivity index (χ4n) is 2.06. The normalized spacial score (nSPS) is 12.1. The van der Waals surface area contributed by atoms with Gasteiger partial charge in [-0.3, -0.25) is 4.79 Å². The minimum atomic E-state index is -0.727. The molecule has 1 N–H and O–H groups in total. The Hall–Kier alpha value is -2.00. The first kappa shape index (κ1) is 14.4. The van der Waals surface area contributed by atoms with Crippen molar-refractivity contribution in [3.63, 3.8) is 0 Å². The first-order chi connectivity index (χ1) is 9.65. The maximum absolute atomic E-state index is 12.8. The number of aliphatic hydroxyl groups excluding tert-OH is 1. The molecule has 0 aliphatic carbocycles. The molecule has 2 rings (SSSR count). The molecule has 104 valence electrons. The lowest BCUT2D eigenvalue weighted by Gasteiger charge is -2.10. The number of ketones is 1. The number of hydrogen-bond acceptors (Lipinski definition) is 2. The second-order valence-electron chi connectivity index (χ2n) is 4.81. The molecule has 0 fully saturated rings. The molecule has 0 aliphatic rings. The minimum Gasteiger partial charge on any atom is -0.388 e. The van der Waals surface area contributed by atoms with E-state index in [1.54, 1.807) is 12.1 Å². The van der Waals surface area contributed by atoms with Crippen LogP contribution in [-0.4, -0.2) is 10.9 Å². The first-order valence-corrected chi connectivity index (χ1v) is 6.64. The van der Waals surface area contributed by atoms with Crippen LogP contribution in [0.2, 0.25) is 0 Å². The molecule has 1 unspecified atom stereocenters. The fraction of sp³-hybridized carbons (Fsp3) is 0.235. The van der Waals surface area contributed by atoms with E-state index in [9.17, 15) is 14.3 Å². The lowest BCUT2D eigenvalue weighted by Crippen LogP contribution is -2.06. The summed E-state index contributed by atoms with van der Waals surface area (Å²) in [5.41, 5.74) is 1.62. The third-order valence-corrected chi connectivity index (χ3v) is 3.20. The van der Waals surface area contributed by atoms with E-state index in [4.69, 9.17) is 0 Å². The molecule has 0 heterocycles. The van der Waals surface area contributed by atoms with Crippen LogP contribution in [0.5, 0.6) is 0 Å². The Morgan fingerprint density at radius 2 is 1.70 bits per heavy atom. The summed E-state index contributed by atoms with van der Waals surface area (Å²) in [6.45, 7) is 0. The molecule has 20 heavy (non-hydrogen) atoms. The summed E-state index contributed by atoms with van der Waals surface area (Å²) in [4.78, 5) is 11.8. The molecule has 2 aromatic rings. The number of rotatable bonds is 6. The lowest BCUT2D eigenvalue weighted by atomic mass is 10.0. The van der Waals surface area contributed by atoms with Gasteiger partial charge in [-0.25, -0.2) is 4.39 Å². The van der Waals surface area contributed by atoms with Crippen LogP contribution in [0.15, 0.2) is 54.6 Å². The van der Waals surface area contributed by atoms with Crippen LogP contribution >= 0.6 is 0 Å². The molecule has 1 atom stereocenters. The van der Waals surface area contributed by atoms with E-state index in [0.717, 1.165) is 5.56 Å². The van der Waals surface area contributed by atoms with Crippen LogP contribution in [0, 0.1) is 5.82 Å². The topological polar surface area (TPSA) is 37.3 Å². The van der Waals surface area contributed by atoms with Crippen molar-refractivity contribution >= 4 is 5.78 Å². The molecule has 0 saturated carbocycles.